The first-order valence-corrected chi connectivity index (χ1v) is 12.9. The Morgan fingerprint density at radius 3 is 2.40 bits per heavy atom. The van der Waals surface area contributed by atoms with Crippen LogP contribution in [-0.4, -0.2) is 71.3 Å². The molecular weight excluding hydrogens is 449 g/mol. The number of amides is 2. The highest BCUT2D eigenvalue weighted by Crippen LogP contribution is 2.32. The van der Waals surface area contributed by atoms with Gasteiger partial charge in [0.2, 0.25) is 11.8 Å². The predicted molar refractivity (Wildman–Crippen MR) is 132 cm³/mol. The molecule has 2 saturated heterocycles. The van der Waals surface area contributed by atoms with E-state index in [1.165, 1.54) is 5.57 Å². The number of alkyl halides is 1. The Bertz CT molecular complexity index is 919. The summed E-state index contributed by atoms with van der Waals surface area (Å²) in [5.41, 5.74) is 1.78. The van der Waals surface area contributed by atoms with E-state index in [0.29, 0.717) is 50.9 Å². The summed E-state index contributed by atoms with van der Waals surface area (Å²) in [7, 11) is 0. The first-order chi connectivity index (χ1) is 16.7. The molecule has 4 rings (SSSR count). The molecular formula is C27H38FN3O4. The van der Waals surface area contributed by atoms with E-state index in [9.17, 15) is 14.0 Å². The van der Waals surface area contributed by atoms with Crippen molar-refractivity contribution >= 4 is 17.6 Å². The van der Waals surface area contributed by atoms with Crippen LogP contribution in [0, 0.1) is 11.8 Å². The zero-order valence-corrected chi connectivity index (χ0v) is 21.2. The quantitative estimate of drug-likeness (QED) is 0.593. The van der Waals surface area contributed by atoms with Crippen LogP contribution < -0.4 is 4.74 Å². The van der Waals surface area contributed by atoms with E-state index < -0.39 is 11.8 Å². The summed E-state index contributed by atoms with van der Waals surface area (Å²) < 4.78 is 24.8. The highest BCUT2D eigenvalue weighted by atomic mass is 19.1. The number of pyridine rings is 1. The highest BCUT2D eigenvalue weighted by Gasteiger charge is 2.32. The third-order valence-corrected chi connectivity index (χ3v) is 7.04. The van der Waals surface area contributed by atoms with Crippen LogP contribution in [0.4, 0.5) is 9.18 Å². The normalized spacial score (nSPS) is 23.7. The fraction of sp³-hybridized carbons (Fsp3) is 0.667. The van der Waals surface area contributed by atoms with Gasteiger partial charge in [0.05, 0.1) is 13.2 Å². The summed E-state index contributed by atoms with van der Waals surface area (Å²) >= 11 is 0. The summed E-state index contributed by atoms with van der Waals surface area (Å²) in [6, 6.07) is 3.92. The first-order valence-electron chi connectivity index (χ1n) is 12.9. The Morgan fingerprint density at radius 1 is 1.09 bits per heavy atom. The number of aromatic nitrogens is 1. The van der Waals surface area contributed by atoms with Crippen molar-refractivity contribution in [3.63, 3.8) is 0 Å². The van der Waals surface area contributed by atoms with Crippen molar-refractivity contribution < 1.29 is 23.5 Å². The van der Waals surface area contributed by atoms with E-state index >= 15 is 0 Å². The Balaban J connectivity index is 1.20. The number of allylic oxidation sites excluding steroid dienone is 2. The van der Waals surface area contributed by atoms with E-state index in [2.05, 4.69) is 11.1 Å². The number of carbonyl (C=O) groups is 2. The highest BCUT2D eigenvalue weighted by molar-refractivity contribution is 5.81. The number of rotatable bonds is 5. The molecule has 192 valence electrons. The Labute approximate surface area is 207 Å². The van der Waals surface area contributed by atoms with Gasteiger partial charge in [0.15, 0.2) is 0 Å². The van der Waals surface area contributed by atoms with Crippen LogP contribution >= 0.6 is 0 Å². The molecule has 0 bridgehead atoms. The molecule has 0 N–H and O–H groups in total. The summed E-state index contributed by atoms with van der Waals surface area (Å²) in [5.74, 6) is 1.04. The van der Waals surface area contributed by atoms with Crippen molar-refractivity contribution in [3.05, 3.63) is 30.0 Å². The largest absolute Gasteiger partial charge is 0.477 e. The molecule has 2 fully saturated rings. The molecule has 3 heterocycles. The SMILES string of the molecule is CC(C)(C)OC(=O)N1CCC(COc2ccc(C3=CCC(C(=O)N4CCC(F)C4)CC3)cn2)CC1. The van der Waals surface area contributed by atoms with E-state index in [1.54, 1.807) is 9.80 Å². The lowest BCUT2D eigenvalue weighted by Crippen LogP contribution is -2.42. The molecule has 1 aliphatic carbocycles. The Morgan fingerprint density at radius 2 is 1.83 bits per heavy atom. The van der Waals surface area contributed by atoms with Crippen LogP contribution in [-0.2, 0) is 9.53 Å². The third kappa shape index (κ3) is 6.95. The third-order valence-electron chi connectivity index (χ3n) is 7.04. The predicted octanol–water partition coefficient (Wildman–Crippen LogP) is 4.86. The van der Waals surface area contributed by atoms with Crippen LogP contribution in [0.25, 0.3) is 5.57 Å². The van der Waals surface area contributed by atoms with Gasteiger partial charge in [0.25, 0.3) is 0 Å². The lowest BCUT2D eigenvalue weighted by molar-refractivity contribution is -0.134. The van der Waals surface area contributed by atoms with Gasteiger partial charge < -0.3 is 19.3 Å². The molecule has 0 aromatic carbocycles. The number of ether oxygens (including phenoxy) is 2. The topological polar surface area (TPSA) is 72.0 Å². The number of halogens is 1. The number of carbonyl (C=O) groups excluding carboxylic acids is 2. The van der Waals surface area contributed by atoms with Crippen molar-refractivity contribution in [2.24, 2.45) is 11.8 Å². The minimum atomic E-state index is -0.870. The van der Waals surface area contributed by atoms with Crippen LogP contribution in [0.5, 0.6) is 5.88 Å². The van der Waals surface area contributed by atoms with E-state index in [-0.39, 0.29) is 24.5 Å². The fourth-order valence-corrected chi connectivity index (χ4v) is 4.96. The zero-order valence-electron chi connectivity index (χ0n) is 21.2. The van der Waals surface area contributed by atoms with E-state index in [4.69, 9.17) is 9.47 Å². The van der Waals surface area contributed by atoms with Crippen LogP contribution in [0.15, 0.2) is 24.4 Å². The van der Waals surface area contributed by atoms with Crippen molar-refractivity contribution in [1.82, 2.24) is 14.8 Å². The average Bonchev–Trinajstić information content (AvgIpc) is 3.28. The summed E-state index contributed by atoms with van der Waals surface area (Å²) in [5, 5.41) is 0. The Hall–Kier alpha value is -2.64. The monoisotopic (exact) mass is 487 g/mol. The maximum Gasteiger partial charge on any atom is 0.410 e. The van der Waals surface area contributed by atoms with Crippen molar-refractivity contribution in [2.45, 2.75) is 71.1 Å². The molecule has 2 aliphatic heterocycles. The van der Waals surface area contributed by atoms with Gasteiger partial charge in [-0.05, 0) is 82.4 Å². The minimum Gasteiger partial charge on any atom is -0.477 e. The second-order valence-electron chi connectivity index (χ2n) is 11.0. The molecule has 7 nitrogen and oxygen atoms in total. The lowest BCUT2D eigenvalue weighted by atomic mass is 9.86. The van der Waals surface area contributed by atoms with E-state index in [0.717, 1.165) is 31.2 Å². The van der Waals surface area contributed by atoms with Gasteiger partial charge >= 0.3 is 6.09 Å². The molecule has 2 unspecified atom stereocenters. The van der Waals surface area contributed by atoms with Crippen molar-refractivity contribution in [1.29, 1.82) is 0 Å². The fourth-order valence-electron chi connectivity index (χ4n) is 4.96. The smallest absolute Gasteiger partial charge is 0.410 e. The molecule has 2 amide bonds. The van der Waals surface area contributed by atoms with Gasteiger partial charge in [0.1, 0.15) is 11.8 Å². The second kappa shape index (κ2) is 11.0. The number of hydrogen-bond donors (Lipinski definition) is 0. The molecule has 0 saturated carbocycles. The number of piperidine rings is 1. The maximum atomic E-state index is 13.4. The number of nitrogens with zero attached hydrogens (tertiary/aromatic N) is 3. The second-order valence-corrected chi connectivity index (χ2v) is 11.0. The summed E-state index contributed by atoms with van der Waals surface area (Å²) in [6.07, 6.45) is 7.39. The van der Waals surface area contributed by atoms with Gasteiger partial charge in [-0.3, -0.25) is 4.79 Å². The summed E-state index contributed by atoms with van der Waals surface area (Å²) in [4.78, 5) is 32.8. The van der Waals surface area contributed by atoms with Crippen LogP contribution in [0.3, 0.4) is 0 Å². The number of hydrogen-bond acceptors (Lipinski definition) is 5. The zero-order chi connectivity index (χ0) is 25.0. The van der Waals surface area contributed by atoms with Gasteiger partial charge in [-0.2, -0.15) is 0 Å². The van der Waals surface area contributed by atoms with Crippen molar-refractivity contribution in [3.8, 4) is 5.88 Å². The van der Waals surface area contributed by atoms with Crippen LogP contribution in [0.1, 0.15) is 64.9 Å². The maximum absolute atomic E-state index is 13.4. The molecule has 2 atom stereocenters. The summed E-state index contributed by atoms with van der Waals surface area (Å²) in [6.45, 7) is 8.37. The standard InChI is InChI=1S/C27H38FN3O4/c1-27(2,3)35-26(33)30-13-10-19(11-14-30)18-34-24-9-8-22(16-29-24)20-4-6-21(7-5-20)25(32)31-15-12-23(28)17-31/h4,8-9,16,19,21,23H,5-7,10-15,17-18H2,1-3H3. The van der Waals surface area contributed by atoms with E-state index in [1.807, 2.05) is 39.1 Å². The van der Waals surface area contributed by atoms with Gasteiger partial charge in [-0.25, -0.2) is 14.2 Å². The molecule has 8 heteroatoms. The van der Waals surface area contributed by atoms with Gasteiger partial charge in [0, 0.05) is 37.8 Å². The van der Waals surface area contributed by atoms with Gasteiger partial charge in [-0.15, -0.1) is 0 Å². The van der Waals surface area contributed by atoms with Crippen LogP contribution in [0.2, 0.25) is 0 Å². The molecule has 1 aromatic heterocycles. The molecule has 3 aliphatic rings. The molecule has 0 spiro atoms. The van der Waals surface area contributed by atoms with Gasteiger partial charge in [-0.1, -0.05) is 6.08 Å². The average molecular weight is 488 g/mol. The first kappa shape index (κ1) is 25.5. The number of likely N-dealkylation sites (tertiary alicyclic amines) is 2. The molecule has 1 aromatic rings. The molecule has 0 radical (unpaired) electrons. The Kier molecular flexibility index (Phi) is 7.97. The minimum absolute atomic E-state index is 0.0404. The lowest BCUT2D eigenvalue weighted by Gasteiger charge is -2.33. The van der Waals surface area contributed by atoms with Crippen molar-refractivity contribution in [2.75, 3.05) is 32.8 Å². The molecule has 35 heavy (non-hydrogen) atoms.